The number of aromatic nitrogens is 4. The molecule has 0 saturated heterocycles. The summed E-state index contributed by atoms with van der Waals surface area (Å²) in [4.78, 5) is 18.9. The first-order valence-electron chi connectivity index (χ1n) is 8.24. The Bertz CT molecular complexity index is 1080. The molecular formula is C18H15ClF2N6O. The molecule has 1 amide bonds. The van der Waals surface area contributed by atoms with Crippen LogP contribution in [-0.2, 0) is 6.54 Å². The summed E-state index contributed by atoms with van der Waals surface area (Å²) in [5, 5.41) is 15.3. The van der Waals surface area contributed by atoms with Crippen molar-refractivity contribution in [3.63, 3.8) is 0 Å². The van der Waals surface area contributed by atoms with Gasteiger partial charge in [-0.05, 0) is 26.0 Å². The first-order chi connectivity index (χ1) is 13.3. The lowest BCUT2D eigenvalue weighted by molar-refractivity contribution is 0.0931. The largest absolute Gasteiger partial charge is 0.346 e. The number of H-pyrrole nitrogens is 1. The number of aryl methyl sites for hydroxylation is 1. The lowest BCUT2D eigenvalue weighted by Gasteiger charge is -2.13. The van der Waals surface area contributed by atoms with Gasteiger partial charge >= 0.3 is 0 Å². The second kappa shape index (κ2) is 7.78. The molecule has 2 aromatic heterocycles. The van der Waals surface area contributed by atoms with E-state index in [9.17, 15) is 13.6 Å². The molecule has 1 atom stereocenters. The summed E-state index contributed by atoms with van der Waals surface area (Å²) in [6.07, 6.45) is 3.01. The fourth-order valence-corrected chi connectivity index (χ4v) is 2.89. The van der Waals surface area contributed by atoms with Gasteiger partial charge in [0.1, 0.15) is 29.0 Å². The first kappa shape index (κ1) is 19.5. The minimum atomic E-state index is -0.922. The molecular weight excluding hydrogens is 390 g/mol. The van der Waals surface area contributed by atoms with Crippen molar-refractivity contribution in [3.05, 3.63) is 58.3 Å². The number of halogens is 3. The van der Waals surface area contributed by atoms with E-state index in [2.05, 4.69) is 20.4 Å². The van der Waals surface area contributed by atoms with E-state index in [0.29, 0.717) is 18.1 Å². The van der Waals surface area contributed by atoms with Crippen molar-refractivity contribution >= 4 is 17.5 Å². The van der Waals surface area contributed by atoms with Crippen LogP contribution >= 0.6 is 11.6 Å². The number of hydrogen-bond acceptors (Lipinski definition) is 4. The molecule has 0 aliphatic rings. The molecule has 0 aliphatic heterocycles. The lowest BCUT2D eigenvalue weighted by atomic mass is 10.1. The van der Waals surface area contributed by atoms with Crippen LogP contribution in [0.2, 0.25) is 5.02 Å². The summed E-state index contributed by atoms with van der Waals surface area (Å²) in [6.45, 7) is 3.82. The number of carbonyl (C=O) groups is 1. The molecule has 3 rings (SSSR count). The second-order valence-corrected chi connectivity index (χ2v) is 6.58. The number of imidazole rings is 1. The van der Waals surface area contributed by atoms with Crippen molar-refractivity contribution in [1.29, 1.82) is 5.26 Å². The fourth-order valence-electron chi connectivity index (χ4n) is 2.65. The standard InChI is InChI=1S/C18H15ClF2N6O/c1-9(24-18(28)15-7-23-10(2)25-15)8-27-4-3-14(26-27)11-5-13(20)12(6-22)16(19)17(11)21/h3-5,7,9H,8H2,1-2H3,(H,23,25)(H,24,28). The van der Waals surface area contributed by atoms with Gasteiger partial charge in [-0.25, -0.2) is 13.8 Å². The average molecular weight is 405 g/mol. The second-order valence-electron chi connectivity index (χ2n) is 6.20. The Balaban J connectivity index is 1.74. The normalized spacial score (nSPS) is 11.9. The highest BCUT2D eigenvalue weighted by atomic mass is 35.5. The number of aromatic amines is 1. The van der Waals surface area contributed by atoms with Gasteiger partial charge in [0.25, 0.3) is 5.91 Å². The Kier molecular flexibility index (Phi) is 5.42. The molecule has 1 aromatic carbocycles. The van der Waals surface area contributed by atoms with E-state index in [1.165, 1.54) is 23.0 Å². The molecule has 0 spiro atoms. The molecule has 1 unspecified atom stereocenters. The van der Waals surface area contributed by atoms with Gasteiger partial charge in [0.15, 0.2) is 5.82 Å². The fraction of sp³-hybridized carbons (Fsp3) is 0.222. The third-order valence-electron chi connectivity index (χ3n) is 3.97. The van der Waals surface area contributed by atoms with E-state index in [1.54, 1.807) is 20.0 Å². The minimum Gasteiger partial charge on any atom is -0.346 e. The van der Waals surface area contributed by atoms with Crippen molar-refractivity contribution in [1.82, 2.24) is 25.1 Å². The van der Waals surface area contributed by atoms with Crippen LogP contribution in [0.3, 0.4) is 0 Å². The summed E-state index contributed by atoms with van der Waals surface area (Å²) >= 11 is 5.73. The number of nitrogens with one attached hydrogen (secondary N) is 2. The smallest absolute Gasteiger partial charge is 0.269 e. The number of benzene rings is 1. The molecule has 0 aliphatic carbocycles. The van der Waals surface area contributed by atoms with Gasteiger partial charge in [0, 0.05) is 17.8 Å². The summed E-state index contributed by atoms with van der Waals surface area (Å²) in [5.41, 5.74) is -0.196. The van der Waals surface area contributed by atoms with E-state index in [1.807, 2.05) is 0 Å². The van der Waals surface area contributed by atoms with Crippen molar-refractivity contribution in [2.24, 2.45) is 0 Å². The van der Waals surface area contributed by atoms with Crippen LogP contribution in [0.25, 0.3) is 11.3 Å². The summed E-state index contributed by atoms with van der Waals surface area (Å²) in [7, 11) is 0. The van der Waals surface area contributed by atoms with Crippen LogP contribution < -0.4 is 5.32 Å². The van der Waals surface area contributed by atoms with Crippen molar-refractivity contribution in [2.75, 3.05) is 0 Å². The predicted octanol–water partition coefficient (Wildman–Crippen LogP) is 3.20. The van der Waals surface area contributed by atoms with Crippen molar-refractivity contribution in [2.45, 2.75) is 26.4 Å². The van der Waals surface area contributed by atoms with Gasteiger partial charge in [-0.3, -0.25) is 9.48 Å². The maximum Gasteiger partial charge on any atom is 0.269 e. The SMILES string of the molecule is Cc1ncc(C(=O)NC(C)Cn2ccc(-c3cc(F)c(C#N)c(Cl)c3F)n2)[nH]1. The monoisotopic (exact) mass is 404 g/mol. The molecule has 3 aromatic rings. The van der Waals surface area contributed by atoms with E-state index in [-0.39, 0.29) is 23.2 Å². The Morgan fingerprint density at radius 1 is 1.50 bits per heavy atom. The van der Waals surface area contributed by atoms with Crippen LogP contribution in [0.15, 0.2) is 24.5 Å². The van der Waals surface area contributed by atoms with Crippen LogP contribution in [-0.4, -0.2) is 31.7 Å². The van der Waals surface area contributed by atoms with Crippen LogP contribution in [0.5, 0.6) is 0 Å². The number of carbonyl (C=O) groups excluding carboxylic acids is 1. The van der Waals surface area contributed by atoms with Gasteiger partial charge < -0.3 is 10.3 Å². The zero-order valence-electron chi connectivity index (χ0n) is 14.9. The number of nitrogens with zero attached hydrogens (tertiary/aromatic N) is 4. The van der Waals surface area contributed by atoms with E-state index in [0.717, 1.165) is 6.07 Å². The van der Waals surface area contributed by atoms with Gasteiger partial charge in [-0.1, -0.05) is 11.6 Å². The van der Waals surface area contributed by atoms with E-state index in [4.69, 9.17) is 16.9 Å². The van der Waals surface area contributed by atoms with E-state index >= 15 is 0 Å². The molecule has 0 radical (unpaired) electrons. The third kappa shape index (κ3) is 3.87. The molecule has 28 heavy (non-hydrogen) atoms. The zero-order valence-corrected chi connectivity index (χ0v) is 15.7. The van der Waals surface area contributed by atoms with Crippen molar-refractivity contribution < 1.29 is 13.6 Å². The molecule has 144 valence electrons. The van der Waals surface area contributed by atoms with Crippen LogP contribution in [0, 0.1) is 29.9 Å². The van der Waals surface area contributed by atoms with Crippen LogP contribution in [0.1, 0.15) is 28.8 Å². The van der Waals surface area contributed by atoms with Gasteiger partial charge in [-0.15, -0.1) is 0 Å². The summed E-state index contributed by atoms with van der Waals surface area (Å²) in [5.74, 6) is -1.52. The third-order valence-corrected chi connectivity index (χ3v) is 4.33. The Hall–Kier alpha value is -3.25. The maximum absolute atomic E-state index is 14.4. The first-order valence-corrected chi connectivity index (χ1v) is 8.61. The highest BCUT2D eigenvalue weighted by molar-refractivity contribution is 6.32. The molecule has 0 fully saturated rings. The highest BCUT2D eigenvalue weighted by Crippen LogP contribution is 2.31. The van der Waals surface area contributed by atoms with E-state index < -0.39 is 22.2 Å². The predicted molar refractivity (Wildman–Crippen MR) is 97.6 cm³/mol. The lowest BCUT2D eigenvalue weighted by Crippen LogP contribution is -2.36. The molecule has 0 bridgehead atoms. The number of amides is 1. The average Bonchev–Trinajstić information content (AvgIpc) is 3.27. The number of nitriles is 1. The zero-order chi connectivity index (χ0) is 20.4. The Morgan fingerprint density at radius 2 is 2.25 bits per heavy atom. The molecule has 2 N–H and O–H groups in total. The molecule has 0 saturated carbocycles. The molecule has 7 nitrogen and oxygen atoms in total. The van der Waals surface area contributed by atoms with Gasteiger partial charge in [0.2, 0.25) is 0 Å². The highest BCUT2D eigenvalue weighted by Gasteiger charge is 2.20. The molecule has 2 heterocycles. The number of hydrogen-bond donors (Lipinski definition) is 2. The number of rotatable bonds is 5. The quantitative estimate of drug-likeness (QED) is 0.638. The topological polar surface area (TPSA) is 99.4 Å². The summed E-state index contributed by atoms with van der Waals surface area (Å²) in [6, 6.07) is 3.61. The van der Waals surface area contributed by atoms with Gasteiger partial charge in [-0.2, -0.15) is 10.4 Å². The van der Waals surface area contributed by atoms with Gasteiger partial charge in [0.05, 0.1) is 23.5 Å². The molecule has 10 heteroatoms. The van der Waals surface area contributed by atoms with Crippen molar-refractivity contribution in [3.8, 4) is 17.3 Å². The summed E-state index contributed by atoms with van der Waals surface area (Å²) < 4.78 is 29.8. The Labute approximate surface area is 164 Å². The minimum absolute atomic E-state index is 0.148. The van der Waals surface area contributed by atoms with Crippen LogP contribution in [0.4, 0.5) is 8.78 Å². The Morgan fingerprint density at radius 3 is 2.89 bits per heavy atom. The maximum atomic E-state index is 14.4.